The first-order valence-corrected chi connectivity index (χ1v) is 15.0. The lowest BCUT2D eigenvalue weighted by Crippen LogP contribution is -2.48. The Balaban J connectivity index is 1.42. The maximum atomic E-state index is 15.4. The Kier molecular flexibility index (Phi) is 8.64. The van der Waals surface area contributed by atoms with Crippen LogP contribution in [0, 0.1) is 17.7 Å². The molecule has 2 aliphatic rings. The molecule has 1 fully saturated rings. The number of hydrogen-bond acceptors (Lipinski definition) is 8. The van der Waals surface area contributed by atoms with Gasteiger partial charge in [-0.2, -0.15) is 13.2 Å². The lowest BCUT2D eigenvalue weighted by molar-refractivity contribution is -0.139. The third-order valence-electron chi connectivity index (χ3n) is 7.54. The van der Waals surface area contributed by atoms with E-state index in [9.17, 15) is 22.8 Å². The van der Waals surface area contributed by atoms with Crippen LogP contribution in [-0.4, -0.2) is 34.1 Å². The van der Waals surface area contributed by atoms with Gasteiger partial charge >= 0.3 is 12.1 Å². The number of carbonyl (C=O) groups excluding carboxylic acids is 2. The summed E-state index contributed by atoms with van der Waals surface area (Å²) >= 11 is 1.34. The van der Waals surface area contributed by atoms with Crippen molar-refractivity contribution < 1.29 is 36.6 Å². The number of nitrogens with one attached hydrogen (secondary N) is 1. The number of anilines is 2. The average molecular weight is 621 g/mol. The highest BCUT2D eigenvalue weighted by Crippen LogP contribution is 2.41. The normalized spacial score (nSPS) is 20.5. The summed E-state index contributed by atoms with van der Waals surface area (Å²) < 4.78 is 68.3. The summed E-state index contributed by atoms with van der Waals surface area (Å²) in [7, 11) is 0. The number of esters is 1. The van der Waals surface area contributed by atoms with Gasteiger partial charge in [-0.1, -0.05) is 6.92 Å². The van der Waals surface area contributed by atoms with E-state index in [-0.39, 0.29) is 41.1 Å². The Morgan fingerprint density at radius 2 is 1.91 bits per heavy atom. The molecule has 1 aromatic carbocycles. The van der Waals surface area contributed by atoms with Crippen LogP contribution in [0.5, 0.6) is 11.6 Å². The molecule has 0 spiro atoms. The second-order valence-electron chi connectivity index (χ2n) is 11.4. The van der Waals surface area contributed by atoms with Gasteiger partial charge in [0.15, 0.2) is 22.9 Å². The van der Waals surface area contributed by atoms with Crippen LogP contribution in [0.2, 0.25) is 0 Å². The molecule has 1 N–H and O–H groups in total. The van der Waals surface area contributed by atoms with Crippen molar-refractivity contribution in [2.45, 2.75) is 78.2 Å². The van der Waals surface area contributed by atoms with E-state index in [4.69, 9.17) is 9.47 Å². The van der Waals surface area contributed by atoms with Crippen LogP contribution >= 0.6 is 11.3 Å². The van der Waals surface area contributed by atoms with E-state index < -0.39 is 41.4 Å². The largest absolute Gasteiger partial charge is 0.438 e. The van der Waals surface area contributed by atoms with Gasteiger partial charge in [-0.05, 0) is 64.0 Å². The number of nitrogens with zero attached hydrogens (tertiary/aromatic N) is 3. The first kappa shape index (κ1) is 30.7. The van der Waals surface area contributed by atoms with Crippen LogP contribution in [-0.2, 0) is 22.1 Å². The number of thiazole rings is 1. The number of benzene rings is 1. The van der Waals surface area contributed by atoms with Gasteiger partial charge in [-0.3, -0.25) is 9.69 Å². The second kappa shape index (κ2) is 12.1. The molecule has 1 unspecified atom stereocenters. The van der Waals surface area contributed by atoms with Crippen molar-refractivity contribution in [2.75, 3.05) is 10.2 Å². The number of amides is 1. The predicted molar refractivity (Wildman–Crippen MR) is 153 cm³/mol. The Bertz CT molecular complexity index is 1520. The first-order chi connectivity index (χ1) is 20.3. The summed E-state index contributed by atoms with van der Waals surface area (Å²) in [6.45, 7) is 7.52. The number of rotatable bonds is 7. The van der Waals surface area contributed by atoms with E-state index in [1.54, 1.807) is 5.38 Å². The Morgan fingerprint density at radius 1 is 1.19 bits per heavy atom. The number of alkyl halides is 3. The van der Waals surface area contributed by atoms with Gasteiger partial charge in [-0.25, -0.2) is 19.2 Å². The van der Waals surface area contributed by atoms with Crippen LogP contribution in [0.3, 0.4) is 0 Å². The monoisotopic (exact) mass is 620 g/mol. The molecule has 0 radical (unpaired) electrons. The van der Waals surface area contributed by atoms with E-state index in [0.717, 1.165) is 31.0 Å². The predicted octanol–water partition coefficient (Wildman–Crippen LogP) is 7.58. The third kappa shape index (κ3) is 6.76. The van der Waals surface area contributed by atoms with Gasteiger partial charge in [0.05, 0.1) is 16.9 Å². The molecule has 230 valence electrons. The van der Waals surface area contributed by atoms with Crippen molar-refractivity contribution in [3.8, 4) is 11.6 Å². The topological polar surface area (TPSA) is 93.7 Å². The van der Waals surface area contributed by atoms with E-state index in [2.05, 4.69) is 22.2 Å². The molecule has 0 saturated heterocycles. The highest BCUT2D eigenvalue weighted by Gasteiger charge is 2.40. The molecular formula is C30H32F4N4O4S. The summed E-state index contributed by atoms with van der Waals surface area (Å²) in [6, 6.07) is 2.91. The molecule has 0 bridgehead atoms. The molecular weight excluding hydrogens is 588 g/mol. The van der Waals surface area contributed by atoms with Crippen LogP contribution in [0.1, 0.15) is 80.6 Å². The lowest BCUT2D eigenvalue weighted by Gasteiger charge is -2.37. The standard InChI is InChI=1S/C30H32F4N4O4S/c1-15(2)36-29-37-20(14-43-29)9-18-10-22(30(32,33)34)26(35-13-18)42-25-11-21-24(12-23(25)31)38(17(4)41-28(21)40)27(39)19-7-5-16(3)6-8-19/h10-17,19H,5-9H2,1-4H3,(H,36,37). The van der Waals surface area contributed by atoms with Gasteiger partial charge < -0.3 is 14.8 Å². The van der Waals surface area contributed by atoms with Gasteiger partial charge in [0.2, 0.25) is 11.8 Å². The first-order valence-electron chi connectivity index (χ1n) is 14.1. The van der Waals surface area contributed by atoms with Crippen LogP contribution in [0.4, 0.5) is 28.4 Å². The molecule has 3 heterocycles. The van der Waals surface area contributed by atoms with Crippen molar-refractivity contribution in [2.24, 2.45) is 11.8 Å². The van der Waals surface area contributed by atoms with Crippen LogP contribution in [0.15, 0.2) is 29.8 Å². The number of cyclic esters (lactones) is 1. The number of aromatic nitrogens is 2. The maximum absolute atomic E-state index is 15.4. The van der Waals surface area contributed by atoms with E-state index in [1.807, 2.05) is 13.8 Å². The Hall–Kier alpha value is -3.74. The molecule has 43 heavy (non-hydrogen) atoms. The average Bonchev–Trinajstić information content (AvgIpc) is 3.35. The number of carbonyl (C=O) groups is 2. The fourth-order valence-corrected chi connectivity index (χ4v) is 6.20. The zero-order chi connectivity index (χ0) is 31.1. The number of halogens is 4. The molecule has 1 saturated carbocycles. The van der Waals surface area contributed by atoms with Crippen molar-refractivity contribution >= 4 is 34.0 Å². The summed E-state index contributed by atoms with van der Waals surface area (Å²) in [5.74, 6) is -3.52. The lowest BCUT2D eigenvalue weighted by atomic mass is 9.82. The summed E-state index contributed by atoms with van der Waals surface area (Å²) in [5.41, 5.74) is -0.613. The van der Waals surface area contributed by atoms with Crippen molar-refractivity contribution in [1.82, 2.24) is 9.97 Å². The summed E-state index contributed by atoms with van der Waals surface area (Å²) in [4.78, 5) is 35.7. The zero-order valence-corrected chi connectivity index (χ0v) is 24.9. The third-order valence-corrected chi connectivity index (χ3v) is 8.36. The SMILES string of the molecule is CC1CCC(C(=O)N2c3cc(F)c(Oc4ncc(Cc5csc(NC(C)C)n5)cc4C(F)(F)F)cc3C(=O)OC2C)CC1. The quantitative estimate of drug-likeness (QED) is 0.215. The molecule has 1 aliphatic carbocycles. The minimum atomic E-state index is -4.87. The summed E-state index contributed by atoms with van der Waals surface area (Å²) in [6.07, 6.45) is -1.47. The Labute approximate surface area is 250 Å². The van der Waals surface area contributed by atoms with Gasteiger partial charge in [0, 0.05) is 42.1 Å². The zero-order valence-electron chi connectivity index (χ0n) is 24.1. The highest BCUT2D eigenvalue weighted by molar-refractivity contribution is 7.13. The number of pyridine rings is 1. The number of hydrogen-bond donors (Lipinski definition) is 1. The second-order valence-corrected chi connectivity index (χ2v) is 12.2. The molecule has 1 aliphatic heterocycles. The molecule has 1 amide bonds. The van der Waals surface area contributed by atoms with Gasteiger partial charge in [0.25, 0.3) is 0 Å². The maximum Gasteiger partial charge on any atom is 0.421 e. The summed E-state index contributed by atoms with van der Waals surface area (Å²) in [5, 5.41) is 5.54. The van der Waals surface area contributed by atoms with E-state index in [0.29, 0.717) is 29.6 Å². The molecule has 8 nitrogen and oxygen atoms in total. The molecule has 2 aromatic heterocycles. The minimum absolute atomic E-state index is 0.00818. The molecule has 13 heteroatoms. The number of ether oxygens (including phenoxy) is 2. The Morgan fingerprint density at radius 3 is 2.58 bits per heavy atom. The fourth-order valence-electron chi connectivity index (χ4n) is 5.34. The fraction of sp³-hybridized carbons (Fsp3) is 0.467. The number of fused-ring (bicyclic) bond motifs is 1. The molecule has 1 atom stereocenters. The minimum Gasteiger partial charge on any atom is -0.438 e. The molecule has 3 aromatic rings. The van der Waals surface area contributed by atoms with E-state index >= 15 is 4.39 Å². The van der Waals surface area contributed by atoms with Crippen LogP contribution < -0.4 is 15.0 Å². The van der Waals surface area contributed by atoms with E-state index in [1.165, 1.54) is 29.4 Å². The van der Waals surface area contributed by atoms with Gasteiger partial charge in [0.1, 0.15) is 5.56 Å². The van der Waals surface area contributed by atoms with Crippen molar-refractivity contribution in [1.29, 1.82) is 0 Å². The molecule has 5 rings (SSSR count). The van der Waals surface area contributed by atoms with Crippen molar-refractivity contribution in [3.05, 3.63) is 58.0 Å². The highest BCUT2D eigenvalue weighted by atomic mass is 32.1. The smallest absolute Gasteiger partial charge is 0.421 e. The van der Waals surface area contributed by atoms with Gasteiger partial charge in [-0.15, -0.1) is 11.3 Å². The van der Waals surface area contributed by atoms with Crippen molar-refractivity contribution in [3.63, 3.8) is 0 Å². The van der Waals surface area contributed by atoms with Crippen LogP contribution in [0.25, 0.3) is 0 Å².